The number of aromatic nitrogens is 1. The first kappa shape index (κ1) is 14.7. The van der Waals surface area contributed by atoms with Crippen LogP contribution >= 0.6 is 11.3 Å². The van der Waals surface area contributed by atoms with Crippen molar-refractivity contribution < 1.29 is 4.79 Å². The predicted octanol–water partition coefficient (Wildman–Crippen LogP) is 4.04. The maximum absolute atomic E-state index is 12.1. The molecule has 20 heavy (non-hydrogen) atoms. The van der Waals surface area contributed by atoms with E-state index in [2.05, 4.69) is 43.2 Å². The molecular formula is C16H20N2OS. The lowest BCUT2D eigenvalue weighted by atomic mass is 10.1. The Bertz CT molecular complexity index is 570. The average molecular weight is 288 g/mol. The summed E-state index contributed by atoms with van der Waals surface area (Å²) < 4.78 is 0. The molecule has 106 valence electrons. The first-order valence-corrected chi connectivity index (χ1v) is 7.85. The highest BCUT2D eigenvalue weighted by atomic mass is 32.1. The largest absolute Gasteiger partial charge is 0.348 e. The topological polar surface area (TPSA) is 42.0 Å². The third-order valence-corrected chi connectivity index (χ3v) is 4.25. The van der Waals surface area contributed by atoms with Crippen LogP contribution in [0.15, 0.2) is 29.6 Å². The van der Waals surface area contributed by atoms with Gasteiger partial charge in [0.2, 0.25) is 0 Å². The van der Waals surface area contributed by atoms with Crippen molar-refractivity contribution >= 4 is 17.2 Å². The fourth-order valence-corrected chi connectivity index (χ4v) is 2.77. The maximum Gasteiger partial charge on any atom is 0.270 e. The van der Waals surface area contributed by atoms with Crippen LogP contribution in [-0.4, -0.2) is 16.9 Å². The van der Waals surface area contributed by atoms with Crippen LogP contribution in [0.4, 0.5) is 0 Å². The smallest absolute Gasteiger partial charge is 0.270 e. The molecule has 0 saturated carbocycles. The Morgan fingerprint density at radius 1 is 1.25 bits per heavy atom. The van der Waals surface area contributed by atoms with Crippen molar-refractivity contribution in [2.45, 2.75) is 39.7 Å². The number of rotatable bonds is 5. The zero-order chi connectivity index (χ0) is 14.5. The number of thiazole rings is 1. The van der Waals surface area contributed by atoms with Gasteiger partial charge in [-0.25, -0.2) is 4.98 Å². The van der Waals surface area contributed by atoms with Gasteiger partial charge in [-0.1, -0.05) is 43.7 Å². The van der Waals surface area contributed by atoms with Gasteiger partial charge in [0.05, 0.1) is 0 Å². The molecule has 0 atom stereocenters. The number of carbonyl (C=O) groups excluding carboxylic acids is 1. The maximum atomic E-state index is 12.1. The van der Waals surface area contributed by atoms with Crippen molar-refractivity contribution in [1.29, 1.82) is 0 Å². The summed E-state index contributed by atoms with van der Waals surface area (Å²) in [4.78, 5) is 16.5. The Kier molecular flexibility index (Phi) is 4.90. The fourth-order valence-electron chi connectivity index (χ4n) is 1.96. The van der Waals surface area contributed by atoms with Crippen LogP contribution in [0.1, 0.15) is 42.7 Å². The quantitative estimate of drug-likeness (QED) is 0.902. The van der Waals surface area contributed by atoms with Crippen LogP contribution in [0.3, 0.4) is 0 Å². The molecule has 1 amide bonds. The molecule has 3 nitrogen and oxygen atoms in total. The molecule has 1 aromatic carbocycles. The second-order valence-corrected chi connectivity index (χ2v) is 5.75. The molecule has 0 aliphatic heterocycles. The predicted molar refractivity (Wildman–Crippen MR) is 84.1 cm³/mol. The van der Waals surface area contributed by atoms with E-state index < -0.39 is 0 Å². The van der Waals surface area contributed by atoms with E-state index in [0.717, 1.165) is 23.4 Å². The molecule has 0 unspecified atom stereocenters. The van der Waals surface area contributed by atoms with Crippen molar-refractivity contribution in [2.24, 2.45) is 0 Å². The number of hydrogen-bond acceptors (Lipinski definition) is 3. The van der Waals surface area contributed by atoms with Gasteiger partial charge < -0.3 is 5.32 Å². The fraction of sp³-hybridized carbons (Fsp3) is 0.375. The third-order valence-electron chi connectivity index (χ3n) is 3.36. The molecule has 0 fully saturated rings. The summed E-state index contributed by atoms with van der Waals surface area (Å²) in [6.07, 6.45) is 1.88. The van der Waals surface area contributed by atoms with Gasteiger partial charge in [-0.3, -0.25) is 4.79 Å². The number of nitrogens with one attached hydrogen (secondary N) is 1. The first-order valence-electron chi connectivity index (χ1n) is 6.97. The lowest BCUT2D eigenvalue weighted by Crippen LogP contribution is -2.33. The molecule has 0 saturated heterocycles. The zero-order valence-corrected chi connectivity index (χ0v) is 13.0. The molecule has 1 aromatic heterocycles. The summed E-state index contributed by atoms with van der Waals surface area (Å²) >= 11 is 1.51. The van der Waals surface area contributed by atoms with Crippen LogP contribution in [0, 0.1) is 6.92 Å². The number of aryl methyl sites for hydroxylation is 1. The molecule has 4 heteroatoms. The lowest BCUT2D eigenvalue weighted by molar-refractivity contribution is 0.0930. The van der Waals surface area contributed by atoms with E-state index in [9.17, 15) is 4.79 Å². The molecule has 1 N–H and O–H groups in total. The SMILES string of the molecule is CCC(CC)NC(=O)c1csc(-c2ccc(C)cc2)n1. The van der Waals surface area contributed by atoms with E-state index in [4.69, 9.17) is 0 Å². The summed E-state index contributed by atoms with van der Waals surface area (Å²) in [5.74, 6) is -0.0756. The molecule has 0 aliphatic carbocycles. The van der Waals surface area contributed by atoms with E-state index in [1.165, 1.54) is 16.9 Å². The van der Waals surface area contributed by atoms with Crippen molar-refractivity contribution in [3.63, 3.8) is 0 Å². The van der Waals surface area contributed by atoms with Crippen LogP contribution in [0.25, 0.3) is 10.6 Å². The molecule has 0 bridgehead atoms. The van der Waals surface area contributed by atoms with Crippen LogP contribution in [-0.2, 0) is 0 Å². The molecule has 0 aliphatic rings. The van der Waals surface area contributed by atoms with Gasteiger partial charge in [-0.2, -0.15) is 0 Å². The number of hydrogen-bond donors (Lipinski definition) is 1. The summed E-state index contributed by atoms with van der Waals surface area (Å²) in [6, 6.07) is 8.42. The Morgan fingerprint density at radius 2 is 1.90 bits per heavy atom. The molecule has 0 radical (unpaired) electrons. The average Bonchev–Trinajstić information content (AvgIpc) is 2.95. The Morgan fingerprint density at radius 3 is 2.50 bits per heavy atom. The molecule has 2 rings (SSSR count). The minimum Gasteiger partial charge on any atom is -0.348 e. The first-order chi connectivity index (χ1) is 9.63. The van der Waals surface area contributed by atoms with Crippen LogP contribution in [0.2, 0.25) is 0 Å². The van der Waals surface area contributed by atoms with Crippen LogP contribution < -0.4 is 5.32 Å². The number of amides is 1. The third kappa shape index (κ3) is 3.45. The number of benzene rings is 1. The van der Waals surface area contributed by atoms with E-state index in [1.54, 1.807) is 0 Å². The normalized spacial score (nSPS) is 10.8. The lowest BCUT2D eigenvalue weighted by Gasteiger charge is -2.13. The van der Waals surface area contributed by atoms with Gasteiger partial charge in [-0.15, -0.1) is 11.3 Å². The Balaban J connectivity index is 2.12. The molecule has 0 spiro atoms. The highest BCUT2D eigenvalue weighted by molar-refractivity contribution is 7.13. The van der Waals surface area contributed by atoms with Gasteiger partial charge >= 0.3 is 0 Å². The number of nitrogens with zero attached hydrogens (tertiary/aromatic N) is 1. The standard InChI is InChI=1S/C16H20N2OS/c1-4-13(5-2)17-15(19)14-10-20-16(18-14)12-8-6-11(3)7-9-12/h6-10,13H,4-5H2,1-3H3,(H,17,19). The minimum atomic E-state index is -0.0756. The van der Waals surface area contributed by atoms with Crippen molar-refractivity contribution in [3.05, 3.63) is 40.9 Å². The number of carbonyl (C=O) groups is 1. The second-order valence-electron chi connectivity index (χ2n) is 4.89. The second kappa shape index (κ2) is 6.66. The monoisotopic (exact) mass is 288 g/mol. The summed E-state index contributed by atoms with van der Waals surface area (Å²) in [7, 11) is 0. The molecule has 1 heterocycles. The van der Waals surface area contributed by atoms with Crippen LogP contribution in [0.5, 0.6) is 0 Å². The molecule has 2 aromatic rings. The van der Waals surface area contributed by atoms with Gasteiger partial charge in [0, 0.05) is 17.0 Å². The molecular weight excluding hydrogens is 268 g/mol. The van der Waals surface area contributed by atoms with Crippen molar-refractivity contribution in [3.8, 4) is 10.6 Å². The van der Waals surface area contributed by atoms with Gasteiger partial charge in [0.15, 0.2) is 0 Å². The van der Waals surface area contributed by atoms with Gasteiger partial charge in [0.25, 0.3) is 5.91 Å². The summed E-state index contributed by atoms with van der Waals surface area (Å²) in [5, 5.41) is 5.73. The van der Waals surface area contributed by atoms with E-state index in [-0.39, 0.29) is 11.9 Å². The Labute approximate surface area is 124 Å². The van der Waals surface area contributed by atoms with Gasteiger partial charge in [0.1, 0.15) is 10.7 Å². The highest BCUT2D eigenvalue weighted by Gasteiger charge is 2.14. The minimum absolute atomic E-state index is 0.0756. The summed E-state index contributed by atoms with van der Waals surface area (Å²) in [6.45, 7) is 6.21. The summed E-state index contributed by atoms with van der Waals surface area (Å²) in [5.41, 5.74) is 2.79. The van der Waals surface area contributed by atoms with E-state index in [0.29, 0.717) is 5.69 Å². The van der Waals surface area contributed by atoms with Crippen molar-refractivity contribution in [1.82, 2.24) is 10.3 Å². The van der Waals surface area contributed by atoms with Gasteiger partial charge in [-0.05, 0) is 19.8 Å². The van der Waals surface area contributed by atoms with E-state index in [1.807, 2.05) is 17.5 Å². The highest BCUT2D eigenvalue weighted by Crippen LogP contribution is 2.24. The van der Waals surface area contributed by atoms with Crippen molar-refractivity contribution in [2.75, 3.05) is 0 Å². The zero-order valence-electron chi connectivity index (χ0n) is 12.1. The Hall–Kier alpha value is -1.68. The van der Waals surface area contributed by atoms with E-state index >= 15 is 0 Å².